The molecule has 0 bridgehead atoms. The van der Waals surface area contributed by atoms with Crippen LogP contribution in [0.15, 0.2) is 0 Å². The van der Waals surface area contributed by atoms with Crippen molar-refractivity contribution in [1.29, 1.82) is 0 Å². The first-order chi connectivity index (χ1) is 8.49. The highest BCUT2D eigenvalue weighted by atomic mass is 16.5. The van der Waals surface area contributed by atoms with Crippen LogP contribution in [0.3, 0.4) is 0 Å². The summed E-state index contributed by atoms with van der Waals surface area (Å²) in [7, 11) is 1.77. The Morgan fingerprint density at radius 3 is 2.67 bits per heavy atom. The Kier molecular flexibility index (Phi) is 6.09. The molecule has 4 nitrogen and oxygen atoms in total. The van der Waals surface area contributed by atoms with E-state index in [0.717, 1.165) is 19.4 Å². The van der Waals surface area contributed by atoms with Gasteiger partial charge in [-0.1, -0.05) is 19.8 Å². The first kappa shape index (κ1) is 15.4. The molecule has 0 saturated heterocycles. The molecule has 1 aliphatic carbocycles. The topological polar surface area (TPSA) is 64.3 Å². The predicted octanol–water partition coefficient (Wildman–Crippen LogP) is 1.83. The van der Waals surface area contributed by atoms with E-state index in [9.17, 15) is 4.79 Å². The van der Waals surface area contributed by atoms with Gasteiger partial charge in [0, 0.05) is 6.61 Å². The number of rotatable bonds is 7. The number of carbonyl (C=O) groups excluding carboxylic acids is 1. The summed E-state index contributed by atoms with van der Waals surface area (Å²) in [6.45, 7) is 4.84. The maximum absolute atomic E-state index is 11.3. The minimum atomic E-state index is -0.610. The molecule has 0 aliphatic heterocycles. The molecule has 106 valence electrons. The van der Waals surface area contributed by atoms with Gasteiger partial charge in [0.1, 0.15) is 0 Å². The van der Waals surface area contributed by atoms with Crippen molar-refractivity contribution in [2.75, 3.05) is 13.7 Å². The van der Waals surface area contributed by atoms with Crippen LogP contribution in [0.1, 0.15) is 52.4 Å². The Labute approximate surface area is 111 Å². The number of carbonyl (C=O) groups is 1. The molecule has 0 heterocycles. The minimum absolute atomic E-state index is 0.295. The molecule has 1 aliphatic rings. The third kappa shape index (κ3) is 4.25. The fourth-order valence-electron chi connectivity index (χ4n) is 2.56. The SMILES string of the molecule is CNC(C)(CCCOC1CCCCC1C)C(N)=O. The smallest absolute Gasteiger partial charge is 0.237 e. The van der Waals surface area contributed by atoms with Gasteiger partial charge in [-0.05, 0) is 45.6 Å². The summed E-state index contributed by atoms with van der Waals surface area (Å²) in [4.78, 5) is 11.3. The lowest BCUT2D eigenvalue weighted by Crippen LogP contribution is -2.51. The predicted molar refractivity (Wildman–Crippen MR) is 73.3 cm³/mol. The van der Waals surface area contributed by atoms with Gasteiger partial charge in [-0.3, -0.25) is 4.79 Å². The van der Waals surface area contributed by atoms with Crippen LogP contribution in [-0.2, 0) is 9.53 Å². The van der Waals surface area contributed by atoms with Gasteiger partial charge in [0.05, 0.1) is 11.6 Å². The number of ether oxygens (including phenoxy) is 1. The molecule has 3 atom stereocenters. The normalized spacial score (nSPS) is 27.7. The van der Waals surface area contributed by atoms with Crippen LogP contribution in [0.2, 0.25) is 0 Å². The molecule has 3 unspecified atom stereocenters. The second-order valence-corrected chi connectivity index (χ2v) is 5.72. The number of nitrogens with one attached hydrogen (secondary N) is 1. The van der Waals surface area contributed by atoms with E-state index >= 15 is 0 Å². The van der Waals surface area contributed by atoms with Crippen LogP contribution in [0, 0.1) is 5.92 Å². The first-order valence-electron chi connectivity index (χ1n) is 7.10. The third-order valence-electron chi connectivity index (χ3n) is 4.28. The third-order valence-corrected chi connectivity index (χ3v) is 4.28. The standard InChI is InChI=1S/C14H28N2O2/c1-11-7-4-5-8-12(11)18-10-6-9-14(2,16-3)13(15)17/h11-12,16H,4-10H2,1-3H3,(H2,15,17). The van der Waals surface area contributed by atoms with E-state index in [1.54, 1.807) is 7.05 Å². The van der Waals surface area contributed by atoms with Crippen LogP contribution >= 0.6 is 0 Å². The summed E-state index contributed by atoms with van der Waals surface area (Å²) in [5.41, 5.74) is 4.78. The van der Waals surface area contributed by atoms with Crippen molar-refractivity contribution in [1.82, 2.24) is 5.32 Å². The van der Waals surface area contributed by atoms with E-state index in [1.807, 2.05) is 6.92 Å². The monoisotopic (exact) mass is 256 g/mol. The summed E-state index contributed by atoms with van der Waals surface area (Å²) in [5.74, 6) is 0.376. The number of amides is 1. The molecule has 18 heavy (non-hydrogen) atoms. The van der Waals surface area contributed by atoms with Gasteiger partial charge in [-0.2, -0.15) is 0 Å². The Balaban J connectivity index is 2.23. The summed E-state index contributed by atoms with van der Waals surface area (Å²) >= 11 is 0. The number of nitrogens with two attached hydrogens (primary N) is 1. The molecular formula is C14H28N2O2. The number of primary amides is 1. The summed E-state index contributed by atoms with van der Waals surface area (Å²) in [5, 5.41) is 3.00. The zero-order valence-corrected chi connectivity index (χ0v) is 12.0. The lowest BCUT2D eigenvalue weighted by molar-refractivity contribution is -0.124. The number of hydrogen-bond donors (Lipinski definition) is 2. The van der Waals surface area contributed by atoms with E-state index in [2.05, 4.69) is 12.2 Å². The van der Waals surface area contributed by atoms with E-state index < -0.39 is 5.54 Å². The second kappa shape index (κ2) is 7.10. The number of likely N-dealkylation sites (N-methyl/N-ethyl adjacent to an activating group) is 1. The van der Waals surface area contributed by atoms with Crippen LogP contribution in [0.25, 0.3) is 0 Å². The molecule has 0 aromatic carbocycles. The van der Waals surface area contributed by atoms with Gasteiger partial charge >= 0.3 is 0 Å². The van der Waals surface area contributed by atoms with Gasteiger partial charge in [0.15, 0.2) is 0 Å². The maximum atomic E-state index is 11.3. The van der Waals surface area contributed by atoms with Crippen LogP contribution in [0.5, 0.6) is 0 Å². The van der Waals surface area contributed by atoms with Crippen molar-refractivity contribution < 1.29 is 9.53 Å². The molecule has 0 radical (unpaired) electrons. The number of hydrogen-bond acceptors (Lipinski definition) is 3. The highest BCUT2D eigenvalue weighted by molar-refractivity contribution is 5.84. The lowest BCUT2D eigenvalue weighted by Gasteiger charge is -2.30. The van der Waals surface area contributed by atoms with Crippen LogP contribution in [-0.4, -0.2) is 31.2 Å². The Morgan fingerprint density at radius 1 is 1.44 bits per heavy atom. The minimum Gasteiger partial charge on any atom is -0.378 e. The molecule has 1 rings (SSSR count). The second-order valence-electron chi connectivity index (χ2n) is 5.72. The van der Waals surface area contributed by atoms with E-state index in [0.29, 0.717) is 12.0 Å². The van der Waals surface area contributed by atoms with Gasteiger partial charge in [-0.25, -0.2) is 0 Å². The van der Waals surface area contributed by atoms with Crippen molar-refractivity contribution in [2.24, 2.45) is 11.7 Å². The molecule has 1 amide bonds. The molecule has 3 N–H and O–H groups in total. The van der Waals surface area contributed by atoms with Crippen molar-refractivity contribution in [3.63, 3.8) is 0 Å². The molecule has 4 heteroatoms. The Bertz CT molecular complexity index is 271. The first-order valence-corrected chi connectivity index (χ1v) is 7.10. The summed E-state index contributed by atoms with van der Waals surface area (Å²) < 4.78 is 5.93. The van der Waals surface area contributed by atoms with Gasteiger partial charge in [-0.15, -0.1) is 0 Å². The fourth-order valence-corrected chi connectivity index (χ4v) is 2.56. The van der Waals surface area contributed by atoms with Crippen molar-refractivity contribution in [2.45, 2.75) is 64.0 Å². The highest BCUT2D eigenvalue weighted by Crippen LogP contribution is 2.26. The molecule has 0 aromatic rings. The lowest BCUT2D eigenvalue weighted by atomic mass is 9.88. The molecule has 1 fully saturated rings. The molecule has 1 saturated carbocycles. The summed E-state index contributed by atoms with van der Waals surface area (Å²) in [6.07, 6.45) is 7.07. The van der Waals surface area contributed by atoms with Gasteiger partial charge in [0.2, 0.25) is 5.91 Å². The van der Waals surface area contributed by atoms with Gasteiger partial charge < -0.3 is 15.8 Å². The average molecular weight is 256 g/mol. The molecule has 0 spiro atoms. The van der Waals surface area contributed by atoms with Gasteiger partial charge in [0.25, 0.3) is 0 Å². The largest absolute Gasteiger partial charge is 0.378 e. The highest BCUT2D eigenvalue weighted by Gasteiger charge is 2.28. The molecule has 0 aromatic heterocycles. The van der Waals surface area contributed by atoms with Crippen LogP contribution < -0.4 is 11.1 Å². The Morgan fingerprint density at radius 2 is 2.11 bits per heavy atom. The zero-order valence-electron chi connectivity index (χ0n) is 12.0. The molecular weight excluding hydrogens is 228 g/mol. The maximum Gasteiger partial charge on any atom is 0.237 e. The van der Waals surface area contributed by atoms with Crippen molar-refractivity contribution in [3.05, 3.63) is 0 Å². The zero-order chi connectivity index (χ0) is 13.6. The quantitative estimate of drug-likeness (QED) is 0.683. The van der Waals surface area contributed by atoms with E-state index in [-0.39, 0.29) is 5.91 Å². The summed E-state index contributed by atoms with van der Waals surface area (Å²) in [6, 6.07) is 0. The van der Waals surface area contributed by atoms with Crippen molar-refractivity contribution >= 4 is 5.91 Å². The fraction of sp³-hybridized carbons (Fsp3) is 0.929. The van der Waals surface area contributed by atoms with Crippen LogP contribution in [0.4, 0.5) is 0 Å². The van der Waals surface area contributed by atoms with E-state index in [1.165, 1.54) is 25.7 Å². The Hall–Kier alpha value is -0.610. The average Bonchev–Trinajstić information content (AvgIpc) is 2.36. The van der Waals surface area contributed by atoms with E-state index in [4.69, 9.17) is 10.5 Å². The van der Waals surface area contributed by atoms with Crippen molar-refractivity contribution in [3.8, 4) is 0 Å².